The molecule has 0 unspecified atom stereocenters. The molecule has 1 aliphatic rings. The normalized spacial score (nSPS) is 14.6. The number of halogens is 2. The molecule has 1 aliphatic carbocycles. The summed E-state index contributed by atoms with van der Waals surface area (Å²) >= 11 is -0.826. The van der Waals surface area contributed by atoms with Crippen LogP contribution in [0.15, 0.2) is 23.3 Å². The summed E-state index contributed by atoms with van der Waals surface area (Å²) in [5, 5.41) is 0. The second-order valence-electron chi connectivity index (χ2n) is 3.13. The summed E-state index contributed by atoms with van der Waals surface area (Å²) in [4.78, 5) is 0. The molecule has 13 heavy (non-hydrogen) atoms. The van der Waals surface area contributed by atoms with Gasteiger partial charge in [-0.1, -0.05) is 44.1 Å². The maximum absolute atomic E-state index is 4.93. The molecule has 1 rings (SSSR count). The monoisotopic (exact) mass is 295 g/mol. The van der Waals surface area contributed by atoms with Gasteiger partial charge in [0.05, 0.1) is 0 Å². The van der Waals surface area contributed by atoms with Crippen LogP contribution in [0.25, 0.3) is 0 Å². The van der Waals surface area contributed by atoms with Crippen molar-refractivity contribution >= 4 is 17.0 Å². The molecule has 0 fully saturated rings. The van der Waals surface area contributed by atoms with E-state index in [4.69, 9.17) is 17.0 Å². The molecule has 0 aromatic heterocycles. The van der Waals surface area contributed by atoms with Crippen LogP contribution in [0.2, 0.25) is 0 Å². The topological polar surface area (TPSA) is 0 Å². The van der Waals surface area contributed by atoms with E-state index in [0.717, 1.165) is 6.42 Å². The summed E-state index contributed by atoms with van der Waals surface area (Å²) in [5.74, 6) is 0.681. The summed E-state index contributed by atoms with van der Waals surface area (Å²) in [7, 11) is 9.87. The van der Waals surface area contributed by atoms with Crippen LogP contribution in [0.1, 0.15) is 27.2 Å². The molecule has 0 aliphatic heterocycles. The van der Waals surface area contributed by atoms with Gasteiger partial charge in [0.2, 0.25) is 0 Å². The zero-order valence-electron chi connectivity index (χ0n) is 8.27. The Morgan fingerprint density at radius 1 is 1.38 bits per heavy atom. The van der Waals surface area contributed by atoms with E-state index in [1.807, 2.05) is 0 Å². The van der Waals surface area contributed by atoms with Gasteiger partial charge in [0.15, 0.2) is 0 Å². The molecule has 0 aromatic carbocycles. The first-order chi connectivity index (χ1) is 6.15. The van der Waals surface area contributed by atoms with Gasteiger partial charge in [-0.3, -0.25) is 0 Å². The molecule has 0 atom stereocenters. The van der Waals surface area contributed by atoms with Gasteiger partial charge >= 0.3 is 37.9 Å². The van der Waals surface area contributed by atoms with E-state index in [2.05, 4.69) is 39.3 Å². The molecule has 0 bridgehead atoms. The van der Waals surface area contributed by atoms with Gasteiger partial charge in [-0.25, -0.2) is 0 Å². The van der Waals surface area contributed by atoms with Gasteiger partial charge in [-0.15, -0.1) is 0 Å². The standard InChI is InChI=1S/C10H15.2ClH.Zr/c1-4-9-5-6-10(7-9)8(2)3;;;/h5-8H,4H2,1-3H3;2*1H;/q;;;+2/p-2. The summed E-state index contributed by atoms with van der Waals surface area (Å²) in [6.07, 6.45) is 7.90. The predicted octanol–water partition coefficient (Wildman–Crippen LogP) is 4.50. The van der Waals surface area contributed by atoms with Crippen molar-refractivity contribution in [3.05, 3.63) is 29.7 Å². The zero-order chi connectivity index (χ0) is 10.3. The zero-order valence-corrected chi connectivity index (χ0v) is 12.2. The van der Waals surface area contributed by atoms with E-state index in [-0.39, 0.29) is 0 Å². The molecule has 1 radical (unpaired) electrons. The Hall–Kier alpha value is 0.943. The van der Waals surface area contributed by atoms with E-state index in [1.165, 1.54) is 11.1 Å². The Morgan fingerprint density at radius 2 is 1.92 bits per heavy atom. The molecule has 0 spiro atoms. The molecule has 0 aromatic rings. The maximum atomic E-state index is 4.93. The van der Waals surface area contributed by atoms with Crippen molar-refractivity contribution in [3.8, 4) is 0 Å². The van der Waals surface area contributed by atoms with Crippen LogP contribution in [0, 0.1) is 12.3 Å². The molecule has 0 nitrogen and oxygen atoms in total. The van der Waals surface area contributed by atoms with Crippen LogP contribution in [-0.2, 0) is 20.8 Å². The Kier molecular flexibility index (Phi) is 8.87. The van der Waals surface area contributed by atoms with Crippen LogP contribution in [-0.4, -0.2) is 0 Å². The minimum absolute atomic E-state index is 0.681. The first kappa shape index (κ1) is 13.9. The summed E-state index contributed by atoms with van der Waals surface area (Å²) in [5.41, 5.74) is 2.93. The Balaban J connectivity index is 0.000000424. The van der Waals surface area contributed by atoms with Crippen LogP contribution in [0.5, 0.6) is 0 Å². The van der Waals surface area contributed by atoms with Crippen molar-refractivity contribution in [1.29, 1.82) is 0 Å². The fraction of sp³-hybridized carbons (Fsp3) is 0.500. The number of hydrogen-bond acceptors (Lipinski definition) is 0. The Labute approximate surface area is 100 Å². The molecule has 73 valence electrons. The van der Waals surface area contributed by atoms with Crippen LogP contribution in [0.4, 0.5) is 0 Å². The SMILES string of the molecule is CCC1=C[CH]C(C(C)C)=C1.[Cl][Zr][Cl]. The van der Waals surface area contributed by atoms with Gasteiger partial charge < -0.3 is 0 Å². The summed E-state index contributed by atoms with van der Waals surface area (Å²) < 4.78 is 0. The quantitative estimate of drug-likeness (QED) is 0.704. The third kappa shape index (κ3) is 6.10. The van der Waals surface area contributed by atoms with Crippen LogP contribution in [0.3, 0.4) is 0 Å². The van der Waals surface area contributed by atoms with Crippen molar-refractivity contribution in [2.24, 2.45) is 5.92 Å². The first-order valence-electron chi connectivity index (χ1n) is 4.37. The summed E-state index contributed by atoms with van der Waals surface area (Å²) in [6.45, 7) is 6.66. The Morgan fingerprint density at radius 3 is 2.15 bits per heavy atom. The molecule has 0 amide bonds. The Bertz CT molecular complexity index is 195. The molecule has 0 heterocycles. The van der Waals surface area contributed by atoms with Crippen molar-refractivity contribution in [3.63, 3.8) is 0 Å². The minimum atomic E-state index is -0.826. The molecule has 3 heteroatoms. The van der Waals surface area contributed by atoms with E-state index in [1.54, 1.807) is 0 Å². The fourth-order valence-electron chi connectivity index (χ4n) is 1.09. The molecule has 0 saturated heterocycles. The average molecular weight is 297 g/mol. The van der Waals surface area contributed by atoms with Gasteiger partial charge in [0.1, 0.15) is 0 Å². The van der Waals surface area contributed by atoms with Gasteiger partial charge in [0.25, 0.3) is 0 Å². The van der Waals surface area contributed by atoms with E-state index < -0.39 is 20.8 Å². The van der Waals surface area contributed by atoms with Crippen molar-refractivity contribution in [2.45, 2.75) is 27.2 Å². The van der Waals surface area contributed by atoms with Crippen molar-refractivity contribution in [2.75, 3.05) is 0 Å². The number of rotatable bonds is 2. The van der Waals surface area contributed by atoms with E-state index >= 15 is 0 Å². The predicted molar refractivity (Wildman–Crippen MR) is 57.3 cm³/mol. The van der Waals surface area contributed by atoms with E-state index in [0.29, 0.717) is 5.92 Å². The van der Waals surface area contributed by atoms with Crippen molar-refractivity contribution < 1.29 is 20.8 Å². The molecular formula is C10H15Cl2Zr. The van der Waals surface area contributed by atoms with Crippen molar-refractivity contribution in [1.82, 2.24) is 0 Å². The second kappa shape index (κ2) is 8.27. The molecule has 0 N–H and O–H groups in total. The van der Waals surface area contributed by atoms with Gasteiger partial charge in [0, 0.05) is 6.42 Å². The van der Waals surface area contributed by atoms with Crippen LogP contribution >= 0.6 is 17.0 Å². The molecule has 0 saturated carbocycles. The first-order valence-corrected chi connectivity index (χ1v) is 10.7. The van der Waals surface area contributed by atoms with Gasteiger partial charge in [-0.2, -0.15) is 0 Å². The average Bonchev–Trinajstić information content (AvgIpc) is 2.53. The second-order valence-corrected chi connectivity index (χ2v) is 6.86. The van der Waals surface area contributed by atoms with Crippen LogP contribution < -0.4 is 0 Å². The fourth-order valence-corrected chi connectivity index (χ4v) is 1.09. The number of allylic oxidation sites excluding steroid dienone is 4. The third-order valence-electron chi connectivity index (χ3n) is 1.92. The number of hydrogen-bond donors (Lipinski definition) is 0. The van der Waals surface area contributed by atoms with Gasteiger partial charge in [-0.05, 0) is 12.3 Å². The third-order valence-corrected chi connectivity index (χ3v) is 1.92. The molecular weight excluding hydrogens is 282 g/mol. The van der Waals surface area contributed by atoms with E-state index in [9.17, 15) is 0 Å². The summed E-state index contributed by atoms with van der Waals surface area (Å²) in [6, 6.07) is 0.